The first-order valence-electron chi connectivity index (χ1n) is 6.69. The summed E-state index contributed by atoms with van der Waals surface area (Å²) in [5.74, 6) is 0.775. The summed E-state index contributed by atoms with van der Waals surface area (Å²) in [6, 6.07) is 5.84. The molecule has 108 valence electrons. The average molecular weight is 275 g/mol. The van der Waals surface area contributed by atoms with Gasteiger partial charge in [0.05, 0.1) is 13.4 Å². The number of hydrogen-bond acceptors (Lipinski definition) is 3. The minimum Gasteiger partial charge on any atom is -0.497 e. The van der Waals surface area contributed by atoms with Crippen molar-refractivity contribution >= 4 is 17.4 Å². The van der Waals surface area contributed by atoms with Crippen LogP contribution in [0.1, 0.15) is 26.3 Å². The Hall–Kier alpha value is -1.97. The smallest absolute Gasteiger partial charge is 0.207 e. The Bertz CT molecular complexity index is 595. The standard InChI is InChI=1S/C16H21NO3/c1-16(2,3)15(17-10-18)7-11-9-20-14-8-12(19-4)5-6-13(11)14/h5-6,8-10,15H,7H2,1-4H3,(H,17,18). The van der Waals surface area contributed by atoms with Crippen LogP contribution in [0.25, 0.3) is 11.0 Å². The quantitative estimate of drug-likeness (QED) is 0.853. The highest BCUT2D eigenvalue weighted by Crippen LogP contribution is 2.29. The van der Waals surface area contributed by atoms with Gasteiger partial charge in [-0.25, -0.2) is 0 Å². The normalized spacial score (nSPS) is 13.2. The second kappa shape index (κ2) is 5.57. The molecule has 1 N–H and O–H groups in total. The molecule has 0 aliphatic rings. The van der Waals surface area contributed by atoms with Gasteiger partial charge in [0, 0.05) is 23.1 Å². The maximum Gasteiger partial charge on any atom is 0.207 e. The molecule has 4 nitrogen and oxygen atoms in total. The molecular formula is C16H21NO3. The molecule has 0 fully saturated rings. The van der Waals surface area contributed by atoms with Gasteiger partial charge in [-0.2, -0.15) is 0 Å². The van der Waals surface area contributed by atoms with Gasteiger partial charge in [-0.3, -0.25) is 4.79 Å². The summed E-state index contributed by atoms with van der Waals surface area (Å²) in [5, 5.41) is 3.96. The molecule has 0 radical (unpaired) electrons. The van der Waals surface area contributed by atoms with E-state index in [-0.39, 0.29) is 11.5 Å². The number of amides is 1. The van der Waals surface area contributed by atoms with Crippen LogP contribution in [0, 0.1) is 5.41 Å². The van der Waals surface area contributed by atoms with E-state index in [9.17, 15) is 4.79 Å². The maximum absolute atomic E-state index is 10.8. The predicted octanol–water partition coefficient (Wildman–Crippen LogP) is 3.14. The number of hydrogen-bond donors (Lipinski definition) is 1. The maximum atomic E-state index is 10.8. The van der Waals surface area contributed by atoms with Crippen LogP contribution in [0.5, 0.6) is 5.75 Å². The summed E-state index contributed by atoms with van der Waals surface area (Å²) in [5.41, 5.74) is 1.88. The number of furan rings is 1. The fourth-order valence-electron chi connectivity index (χ4n) is 2.27. The molecule has 20 heavy (non-hydrogen) atoms. The second-order valence-electron chi connectivity index (χ2n) is 6.03. The molecule has 2 rings (SSSR count). The molecular weight excluding hydrogens is 254 g/mol. The van der Waals surface area contributed by atoms with Crippen LogP contribution in [0.15, 0.2) is 28.9 Å². The molecule has 4 heteroatoms. The summed E-state index contributed by atoms with van der Waals surface area (Å²) < 4.78 is 10.8. The number of rotatable bonds is 5. The first kappa shape index (κ1) is 14.4. The minimum atomic E-state index is -0.0169. The van der Waals surface area contributed by atoms with Gasteiger partial charge in [-0.05, 0) is 24.0 Å². The van der Waals surface area contributed by atoms with Gasteiger partial charge in [0.1, 0.15) is 11.3 Å². The lowest BCUT2D eigenvalue weighted by atomic mass is 9.83. The third-order valence-electron chi connectivity index (χ3n) is 3.60. The van der Waals surface area contributed by atoms with Crippen LogP contribution in [-0.4, -0.2) is 19.6 Å². The van der Waals surface area contributed by atoms with E-state index in [0.29, 0.717) is 0 Å². The second-order valence-corrected chi connectivity index (χ2v) is 6.03. The molecule has 1 atom stereocenters. The van der Waals surface area contributed by atoms with E-state index in [1.807, 2.05) is 18.2 Å². The highest BCUT2D eigenvalue weighted by molar-refractivity contribution is 5.82. The third-order valence-corrected chi connectivity index (χ3v) is 3.60. The molecule has 0 saturated carbocycles. The fourth-order valence-corrected chi connectivity index (χ4v) is 2.27. The van der Waals surface area contributed by atoms with E-state index in [0.717, 1.165) is 35.1 Å². The van der Waals surface area contributed by atoms with Gasteiger partial charge in [0.25, 0.3) is 0 Å². The first-order chi connectivity index (χ1) is 9.45. The van der Waals surface area contributed by atoms with E-state index in [1.165, 1.54) is 0 Å². The van der Waals surface area contributed by atoms with Gasteiger partial charge in [-0.15, -0.1) is 0 Å². The van der Waals surface area contributed by atoms with Gasteiger partial charge >= 0.3 is 0 Å². The van der Waals surface area contributed by atoms with Crippen LogP contribution < -0.4 is 10.1 Å². The van der Waals surface area contributed by atoms with Crippen molar-refractivity contribution in [1.29, 1.82) is 0 Å². The SMILES string of the molecule is COc1ccc2c(CC(NC=O)C(C)(C)C)coc2c1. The number of carbonyl (C=O) groups is 1. The van der Waals surface area contributed by atoms with Crippen LogP contribution in [0.4, 0.5) is 0 Å². The van der Waals surface area contributed by atoms with E-state index < -0.39 is 0 Å². The fraction of sp³-hybridized carbons (Fsp3) is 0.438. The lowest BCUT2D eigenvalue weighted by Crippen LogP contribution is -2.41. The Morgan fingerprint density at radius 2 is 2.15 bits per heavy atom. The van der Waals surface area contributed by atoms with Crippen molar-refractivity contribution in [1.82, 2.24) is 5.32 Å². The predicted molar refractivity (Wildman–Crippen MR) is 78.9 cm³/mol. The Balaban J connectivity index is 2.31. The van der Waals surface area contributed by atoms with Crippen LogP contribution >= 0.6 is 0 Å². The zero-order valence-electron chi connectivity index (χ0n) is 12.4. The largest absolute Gasteiger partial charge is 0.497 e. The monoisotopic (exact) mass is 275 g/mol. The summed E-state index contributed by atoms with van der Waals surface area (Å²) in [6.07, 6.45) is 3.26. The van der Waals surface area contributed by atoms with Crippen molar-refractivity contribution in [2.24, 2.45) is 5.41 Å². The molecule has 0 bridgehead atoms. The number of ether oxygens (including phenoxy) is 1. The van der Waals surface area contributed by atoms with Crippen molar-refractivity contribution in [2.75, 3.05) is 7.11 Å². The number of carbonyl (C=O) groups excluding carboxylic acids is 1. The van der Waals surface area contributed by atoms with Crippen LogP contribution in [-0.2, 0) is 11.2 Å². The molecule has 0 spiro atoms. The molecule has 0 saturated heterocycles. The molecule has 1 aromatic carbocycles. The van der Waals surface area contributed by atoms with Gasteiger partial charge in [-0.1, -0.05) is 20.8 Å². The Morgan fingerprint density at radius 3 is 2.75 bits per heavy atom. The Kier molecular flexibility index (Phi) is 4.02. The average Bonchev–Trinajstić information content (AvgIpc) is 2.79. The van der Waals surface area contributed by atoms with Crippen LogP contribution in [0.2, 0.25) is 0 Å². The summed E-state index contributed by atoms with van der Waals surface area (Å²) in [6.45, 7) is 6.33. The third kappa shape index (κ3) is 2.95. The Morgan fingerprint density at radius 1 is 1.40 bits per heavy atom. The van der Waals surface area contributed by atoms with E-state index in [4.69, 9.17) is 9.15 Å². The summed E-state index contributed by atoms with van der Waals surface area (Å²) in [4.78, 5) is 10.8. The number of fused-ring (bicyclic) bond motifs is 1. The van der Waals surface area contributed by atoms with Gasteiger partial charge in [0.15, 0.2) is 0 Å². The number of methoxy groups -OCH3 is 1. The number of nitrogens with one attached hydrogen (secondary N) is 1. The van der Waals surface area contributed by atoms with Crippen LogP contribution in [0.3, 0.4) is 0 Å². The first-order valence-corrected chi connectivity index (χ1v) is 6.69. The Labute approximate surface area is 119 Å². The number of benzene rings is 1. The molecule has 2 aromatic rings. The van der Waals surface area contributed by atoms with Gasteiger partial charge < -0.3 is 14.5 Å². The molecule has 0 aliphatic carbocycles. The van der Waals surface area contributed by atoms with Crippen molar-refractivity contribution in [2.45, 2.75) is 33.2 Å². The van der Waals surface area contributed by atoms with Crippen molar-refractivity contribution < 1.29 is 13.9 Å². The molecule has 1 heterocycles. The molecule has 1 aromatic heterocycles. The summed E-state index contributed by atoms with van der Waals surface area (Å²) in [7, 11) is 1.63. The topological polar surface area (TPSA) is 51.5 Å². The van der Waals surface area contributed by atoms with Crippen molar-refractivity contribution in [3.05, 3.63) is 30.0 Å². The zero-order chi connectivity index (χ0) is 14.8. The molecule has 1 unspecified atom stereocenters. The van der Waals surface area contributed by atoms with Crippen molar-refractivity contribution in [3.8, 4) is 5.75 Å². The lowest BCUT2D eigenvalue weighted by Gasteiger charge is -2.29. The highest BCUT2D eigenvalue weighted by Gasteiger charge is 2.25. The van der Waals surface area contributed by atoms with E-state index in [1.54, 1.807) is 13.4 Å². The van der Waals surface area contributed by atoms with E-state index >= 15 is 0 Å². The molecule has 1 amide bonds. The van der Waals surface area contributed by atoms with Crippen molar-refractivity contribution in [3.63, 3.8) is 0 Å². The molecule has 0 aliphatic heterocycles. The van der Waals surface area contributed by atoms with Gasteiger partial charge in [0.2, 0.25) is 6.41 Å². The summed E-state index contributed by atoms with van der Waals surface area (Å²) >= 11 is 0. The zero-order valence-corrected chi connectivity index (χ0v) is 12.4. The lowest BCUT2D eigenvalue weighted by molar-refractivity contribution is -0.110. The van der Waals surface area contributed by atoms with E-state index in [2.05, 4.69) is 26.1 Å². The highest BCUT2D eigenvalue weighted by atomic mass is 16.5. The minimum absolute atomic E-state index is 0.0169.